The molecule has 55 heavy (non-hydrogen) atoms. The number of aromatic nitrogens is 2. The van der Waals surface area contributed by atoms with Gasteiger partial charge in [-0.15, -0.1) is 11.3 Å². The first-order valence-corrected chi connectivity index (χ1v) is 22.0. The van der Waals surface area contributed by atoms with Crippen molar-refractivity contribution in [2.24, 2.45) is 23.7 Å². The minimum atomic E-state index is -4.30. The zero-order chi connectivity index (χ0) is 38.5. The van der Waals surface area contributed by atoms with E-state index in [2.05, 4.69) is 15.3 Å². The molecule has 5 unspecified atom stereocenters. The van der Waals surface area contributed by atoms with Gasteiger partial charge in [0.05, 0.1) is 51.6 Å². The Morgan fingerprint density at radius 1 is 1.13 bits per heavy atom. The Bertz CT molecular complexity index is 2100. The number of nitrogens with zero attached hydrogens (tertiary/aromatic N) is 3. The standard InChI is InChI=1S/C39H47FN4O8S3/c1-22-41-27(20-53-22)18-49-28-8-4-23(5-9-28)12-24(14-35(46)52-36-25-13-30-31(36)19-51-37(30)50-17-25)33(45)16-44(21-39(2,3)40)55(47,48)29-10-11-32-34(15-29)54-38(43-32)42-26-6-7-26/h4-5,8-11,15,20,24-26,30-31,33,36-37,45H,6-7,12-14,16-19,21H2,1-3H3,(H,42,43)/t24-,25?,30?,31?,33-,36?,37?/m1/s1. The van der Waals surface area contributed by atoms with Gasteiger partial charge < -0.3 is 29.4 Å². The number of thiazole rings is 2. The van der Waals surface area contributed by atoms with Gasteiger partial charge in [0.1, 0.15) is 24.1 Å². The number of benzene rings is 2. The number of carbonyl (C=O) groups is 1. The SMILES string of the molecule is Cc1nc(COc2ccc(C[C@H](CC(=O)OC3C4COC5OCC3C5C4)[C@H](O)CN(CC(C)(C)F)S(=O)(=O)c3ccc4nc(NC5CC5)sc4c3)cc2)cs1. The smallest absolute Gasteiger partial charge is 0.306 e. The third kappa shape index (κ3) is 9.00. The highest BCUT2D eigenvalue weighted by molar-refractivity contribution is 7.89. The maximum Gasteiger partial charge on any atom is 0.306 e. The summed E-state index contributed by atoms with van der Waals surface area (Å²) in [5, 5.41) is 18.9. The van der Waals surface area contributed by atoms with Crippen LogP contribution in [0.5, 0.6) is 5.75 Å². The van der Waals surface area contributed by atoms with Crippen molar-refractivity contribution in [3.63, 3.8) is 0 Å². The fraction of sp³-hybridized carbons (Fsp3) is 0.564. The molecule has 2 N–H and O–H groups in total. The number of hydrogen-bond donors (Lipinski definition) is 2. The van der Waals surface area contributed by atoms with Crippen molar-refractivity contribution >= 4 is 54.0 Å². The van der Waals surface area contributed by atoms with Crippen LogP contribution in [-0.4, -0.2) is 90.3 Å². The van der Waals surface area contributed by atoms with Crippen LogP contribution in [-0.2, 0) is 42.1 Å². The molecule has 4 aromatic rings. The third-order valence-electron chi connectivity index (χ3n) is 10.8. The Morgan fingerprint density at radius 2 is 1.91 bits per heavy atom. The number of rotatable bonds is 17. The van der Waals surface area contributed by atoms with Crippen LogP contribution in [0, 0.1) is 30.6 Å². The molecule has 16 heteroatoms. The van der Waals surface area contributed by atoms with Crippen LogP contribution in [0.4, 0.5) is 9.52 Å². The van der Waals surface area contributed by atoms with E-state index in [9.17, 15) is 18.3 Å². The van der Waals surface area contributed by atoms with Crippen LogP contribution >= 0.6 is 22.7 Å². The van der Waals surface area contributed by atoms with E-state index in [1.54, 1.807) is 23.5 Å². The minimum absolute atomic E-state index is 0.0240. The number of esters is 1. The lowest BCUT2D eigenvalue weighted by Crippen LogP contribution is -2.46. The van der Waals surface area contributed by atoms with E-state index >= 15 is 4.39 Å². The molecule has 2 bridgehead atoms. The number of aryl methyl sites for hydroxylation is 1. The number of nitrogens with one attached hydrogen (secondary N) is 1. The molecule has 4 aliphatic rings. The first kappa shape index (κ1) is 38.6. The number of alkyl halides is 1. The van der Waals surface area contributed by atoms with Crippen molar-refractivity contribution in [3.8, 4) is 5.75 Å². The van der Waals surface area contributed by atoms with Gasteiger partial charge in [-0.05, 0) is 82.3 Å². The van der Waals surface area contributed by atoms with Gasteiger partial charge in [0.25, 0.3) is 0 Å². The molecule has 296 valence electrons. The van der Waals surface area contributed by atoms with E-state index in [4.69, 9.17) is 18.9 Å². The van der Waals surface area contributed by atoms with Crippen molar-refractivity contribution in [3.05, 3.63) is 64.1 Å². The second-order valence-corrected chi connectivity index (χ2v) is 20.0. The average molecular weight is 815 g/mol. The van der Waals surface area contributed by atoms with E-state index < -0.39 is 46.8 Å². The van der Waals surface area contributed by atoms with Gasteiger partial charge in [0.15, 0.2) is 11.4 Å². The Labute approximate surface area is 328 Å². The zero-order valence-corrected chi connectivity index (χ0v) is 33.5. The number of aliphatic hydroxyl groups excluding tert-OH is 1. The van der Waals surface area contributed by atoms with Crippen molar-refractivity contribution < 1.29 is 41.7 Å². The van der Waals surface area contributed by atoms with E-state index in [0.29, 0.717) is 41.8 Å². The molecule has 2 aliphatic heterocycles. The lowest BCUT2D eigenvalue weighted by molar-refractivity contribution is -0.178. The summed E-state index contributed by atoms with van der Waals surface area (Å²) in [5.74, 6) is -0.307. The number of aliphatic hydroxyl groups is 1. The van der Waals surface area contributed by atoms with Crippen molar-refractivity contribution in [1.29, 1.82) is 0 Å². The van der Waals surface area contributed by atoms with Gasteiger partial charge in [-0.3, -0.25) is 4.79 Å². The van der Waals surface area contributed by atoms with Crippen molar-refractivity contribution in [1.82, 2.24) is 14.3 Å². The minimum Gasteiger partial charge on any atom is -0.487 e. The largest absolute Gasteiger partial charge is 0.487 e. The highest BCUT2D eigenvalue weighted by Gasteiger charge is 2.56. The Morgan fingerprint density at radius 3 is 2.64 bits per heavy atom. The number of carbonyl (C=O) groups excluding carboxylic acids is 1. The van der Waals surface area contributed by atoms with Crippen LogP contribution in [0.25, 0.3) is 10.2 Å². The quantitative estimate of drug-likeness (QED) is 0.119. The van der Waals surface area contributed by atoms with Crippen LogP contribution in [0.3, 0.4) is 0 Å². The molecular formula is C39H47FN4O8S3. The molecule has 0 amide bonds. The third-order valence-corrected chi connectivity index (χ3v) is 14.4. The van der Waals surface area contributed by atoms with Crippen LogP contribution in [0.2, 0.25) is 0 Å². The number of anilines is 1. The van der Waals surface area contributed by atoms with Crippen molar-refractivity contribution in [2.45, 2.75) is 94.6 Å². The molecule has 2 saturated carbocycles. The highest BCUT2D eigenvalue weighted by Crippen LogP contribution is 2.49. The van der Waals surface area contributed by atoms with Crippen LogP contribution < -0.4 is 10.1 Å². The van der Waals surface area contributed by atoms with Gasteiger partial charge in [-0.2, -0.15) is 4.31 Å². The van der Waals surface area contributed by atoms with Gasteiger partial charge in [0, 0.05) is 48.2 Å². The Hall–Kier alpha value is -3.25. The number of ether oxygens (including phenoxy) is 4. The maximum atomic E-state index is 15.4. The summed E-state index contributed by atoms with van der Waals surface area (Å²) >= 11 is 2.92. The van der Waals surface area contributed by atoms with Gasteiger partial charge in [-0.1, -0.05) is 23.5 Å². The predicted molar refractivity (Wildman–Crippen MR) is 206 cm³/mol. The molecule has 8 rings (SSSR count). The second-order valence-electron chi connectivity index (χ2n) is 15.9. The summed E-state index contributed by atoms with van der Waals surface area (Å²) in [6, 6.07) is 12.4. The molecule has 0 spiro atoms. The lowest BCUT2D eigenvalue weighted by atomic mass is 9.90. The molecule has 12 nitrogen and oxygen atoms in total. The lowest BCUT2D eigenvalue weighted by Gasteiger charge is -2.32. The molecule has 2 aliphatic carbocycles. The molecule has 0 radical (unpaired) electrons. The Balaban J connectivity index is 1.01. The summed E-state index contributed by atoms with van der Waals surface area (Å²) < 4.78 is 69.3. The summed E-state index contributed by atoms with van der Waals surface area (Å²) in [5.41, 5.74) is 0.380. The molecular weight excluding hydrogens is 768 g/mol. The van der Waals surface area contributed by atoms with Crippen molar-refractivity contribution in [2.75, 3.05) is 31.6 Å². The van der Waals surface area contributed by atoms with E-state index in [1.807, 2.05) is 36.6 Å². The molecule has 2 aromatic carbocycles. The fourth-order valence-electron chi connectivity index (χ4n) is 7.97. The van der Waals surface area contributed by atoms with Gasteiger partial charge in [0.2, 0.25) is 10.0 Å². The predicted octanol–water partition coefficient (Wildman–Crippen LogP) is 6.11. The van der Waals surface area contributed by atoms with E-state index in [-0.39, 0.29) is 47.9 Å². The van der Waals surface area contributed by atoms with Crippen LogP contribution in [0.15, 0.2) is 52.7 Å². The molecule has 2 saturated heterocycles. The van der Waals surface area contributed by atoms with Gasteiger partial charge >= 0.3 is 5.97 Å². The summed E-state index contributed by atoms with van der Waals surface area (Å²) in [6.07, 6.45) is 1.11. The van der Waals surface area contributed by atoms with E-state index in [0.717, 1.165) is 45.0 Å². The van der Waals surface area contributed by atoms with E-state index in [1.165, 1.54) is 31.3 Å². The number of fused-ring (bicyclic) bond motifs is 2. The Kier molecular flexibility index (Phi) is 10.9. The van der Waals surface area contributed by atoms with Gasteiger partial charge in [-0.25, -0.2) is 22.8 Å². The average Bonchev–Trinajstić information content (AvgIpc) is 3.42. The maximum absolute atomic E-state index is 15.4. The summed E-state index contributed by atoms with van der Waals surface area (Å²) in [7, 11) is -4.30. The molecule has 4 fully saturated rings. The summed E-state index contributed by atoms with van der Waals surface area (Å²) in [4.78, 5) is 22.7. The van der Waals surface area contributed by atoms with Crippen LogP contribution in [0.1, 0.15) is 55.8 Å². The second kappa shape index (κ2) is 15.6. The summed E-state index contributed by atoms with van der Waals surface area (Å²) in [6.45, 7) is 4.84. The first-order valence-electron chi connectivity index (χ1n) is 18.9. The zero-order valence-electron chi connectivity index (χ0n) is 31.1. The monoisotopic (exact) mass is 814 g/mol. The molecule has 7 atom stereocenters. The highest BCUT2D eigenvalue weighted by atomic mass is 32.2. The topological polar surface area (TPSA) is 149 Å². The fourth-order valence-corrected chi connectivity index (χ4v) is 11.3. The normalized spacial score (nSPS) is 24.7. The first-order chi connectivity index (χ1) is 26.3. The number of sulfonamides is 1. The number of hydrogen-bond acceptors (Lipinski definition) is 13. The molecule has 2 aromatic heterocycles. The number of halogens is 1. The molecule has 4 heterocycles.